The van der Waals surface area contributed by atoms with Crippen molar-refractivity contribution in [3.63, 3.8) is 0 Å². The van der Waals surface area contributed by atoms with Gasteiger partial charge in [0.05, 0.1) is 7.11 Å². The molecule has 1 aromatic heterocycles. The lowest BCUT2D eigenvalue weighted by Gasteiger charge is -2.34. The van der Waals surface area contributed by atoms with Gasteiger partial charge in [0, 0.05) is 30.8 Å². The third-order valence-corrected chi connectivity index (χ3v) is 3.79. The average molecular weight is 306 g/mol. The Morgan fingerprint density at radius 3 is 2.73 bits per heavy atom. The largest absolute Gasteiger partial charge is 0.481 e. The lowest BCUT2D eigenvalue weighted by molar-refractivity contribution is 0.0198. The van der Waals surface area contributed by atoms with Crippen LogP contribution in [0.3, 0.4) is 0 Å². The Morgan fingerprint density at radius 1 is 1.41 bits per heavy atom. The standard InChI is InChI=1S/C17H26N2O3/c1-12-9-14(10-18-15(12)21-5)13-7-6-8-19(11-13)16(20)22-17(2,3)4/h9-10,13H,6-8,11H2,1-5H3. The maximum atomic E-state index is 12.2. The molecule has 5 nitrogen and oxygen atoms in total. The summed E-state index contributed by atoms with van der Waals surface area (Å²) in [6.45, 7) is 9.11. The highest BCUT2D eigenvalue weighted by Gasteiger charge is 2.28. The van der Waals surface area contributed by atoms with E-state index >= 15 is 0 Å². The number of aryl methyl sites for hydroxylation is 1. The third kappa shape index (κ3) is 4.12. The van der Waals surface area contributed by atoms with E-state index in [0.717, 1.165) is 30.5 Å². The monoisotopic (exact) mass is 306 g/mol. The number of carbonyl (C=O) groups excluding carboxylic acids is 1. The number of nitrogens with zero attached hydrogens (tertiary/aromatic N) is 2. The molecular weight excluding hydrogens is 280 g/mol. The second-order valence-corrected chi connectivity index (χ2v) is 6.86. The highest BCUT2D eigenvalue weighted by molar-refractivity contribution is 5.68. The molecule has 0 radical (unpaired) electrons. The molecular formula is C17H26N2O3. The lowest BCUT2D eigenvalue weighted by Crippen LogP contribution is -2.42. The topological polar surface area (TPSA) is 51.7 Å². The number of hydrogen-bond donors (Lipinski definition) is 0. The van der Waals surface area contributed by atoms with Crippen molar-refractivity contribution in [3.8, 4) is 5.88 Å². The first-order chi connectivity index (χ1) is 10.3. The summed E-state index contributed by atoms with van der Waals surface area (Å²) in [6.07, 6.45) is 3.67. The number of rotatable bonds is 2. The summed E-state index contributed by atoms with van der Waals surface area (Å²) < 4.78 is 10.7. The molecule has 0 aromatic carbocycles. The second-order valence-electron chi connectivity index (χ2n) is 6.86. The number of ether oxygens (including phenoxy) is 2. The van der Waals surface area contributed by atoms with E-state index in [0.29, 0.717) is 18.3 Å². The van der Waals surface area contributed by atoms with Crippen LogP contribution in [0.1, 0.15) is 50.7 Å². The SMILES string of the molecule is COc1ncc(C2CCCN(C(=O)OC(C)(C)C)C2)cc1C. The van der Waals surface area contributed by atoms with E-state index in [1.54, 1.807) is 12.0 Å². The Hall–Kier alpha value is -1.78. The van der Waals surface area contributed by atoms with Gasteiger partial charge in [0.25, 0.3) is 0 Å². The molecule has 0 aliphatic carbocycles. The molecule has 1 aliphatic rings. The maximum Gasteiger partial charge on any atom is 0.410 e. The molecule has 22 heavy (non-hydrogen) atoms. The van der Waals surface area contributed by atoms with Gasteiger partial charge < -0.3 is 14.4 Å². The molecule has 1 aromatic rings. The Morgan fingerprint density at radius 2 is 2.14 bits per heavy atom. The normalized spacial score (nSPS) is 19.0. The number of aromatic nitrogens is 1. The van der Waals surface area contributed by atoms with Gasteiger partial charge in [0.15, 0.2) is 0 Å². The summed E-state index contributed by atoms with van der Waals surface area (Å²) in [5, 5.41) is 0. The van der Waals surface area contributed by atoms with Crippen LogP contribution in [0.5, 0.6) is 5.88 Å². The predicted octanol–water partition coefficient (Wildman–Crippen LogP) is 3.51. The fourth-order valence-electron chi connectivity index (χ4n) is 2.76. The van der Waals surface area contributed by atoms with E-state index in [-0.39, 0.29) is 6.09 Å². The number of amides is 1. The summed E-state index contributed by atoms with van der Waals surface area (Å²) in [6, 6.07) is 2.11. The number of pyridine rings is 1. The molecule has 2 rings (SSSR count). The first-order valence-corrected chi connectivity index (χ1v) is 7.78. The molecule has 1 aliphatic heterocycles. The van der Waals surface area contributed by atoms with Crippen LogP contribution < -0.4 is 4.74 Å². The van der Waals surface area contributed by atoms with Crippen LogP contribution in [-0.4, -0.2) is 41.8 Å². The van der Waals surface area contributed by atoms with Crippen molar-refractivity contribution < 1.29 is 14.3 Å². The van der Waals surface area contributed by atoms with Gasteiger partial charge in [0.2, 0.25) is 5.88 Å². The molecule has 1 fully saturated rings. The fourth-order valence-corrected chi connectivity index (χ4v) is 2.76. The Balaban J connectivity index is 2.07. The summed E-state index contributed by atoms with van der Waals surface area (Å²) in [4.78, 5) is 18.4. The lowest BCUT2D eigenvalue weighted by atomic mass is 9.91. The van der Waals surface area contributed by atoms with Crippen molar-refractivity contribution in [2.24, 2.45) is 0 Å². The van der Waals surface area contributed by atoms with Crippen LogP contribution in [0.4, 0.5) is 4.79 Å². The number of likely N-dealkylation sites (tertiary alicyclic amines) is 1. The van der Waals surface area contributed by atoms with Gasteiger partial charge in [-0.05, 0) is 52.2 Å². The van der Waals surface area contributed by atoms with Gasteiger partial charge >= 0.3 is 6.09 Å². The maximum absolute atomic E-state index is 12.2. The average Bonchev–Trinajstić information content (AvgIpc) is 2.45. The number of carbonyl (C=O) groups is 1. The highest BCUT2D eigenvalue weighted by atomic mass is 16.6. The fraction of sp³-hybridized carbons (Fsp3) is 0.647. The van der Waals surface area contributed by atoms with Crippen LogP contribution in [0.2, 0.25) is 0 Å². The van der Waals surface area contributed by atoms with Crippen LogP contribution in [0.25, 0.3) is 0 Å². The van der Waals surface area contributed by atoms with Crippen molar-refractivity contribution in [3.05, 3.63) is 23.4 Å². The molecule has 1 amide bonds. The minimum atomic E-state index is -0.456. The van der Waals surface area contributed by atoms with Gasteiger partial charge in [-0.1, -0.05) is 0 Å². The van der Waals surface area contributed by atoms with E-state index < -0.39 is 5.60 Å². The summed E-state index contributed by atoms with van der Waals surface area (Å²) in [5.41, 5.74) is 1.73. The van der Waals surface area contributed by atoms with Crippen molar-refractivity contribution >= 4 is 6.09 Å². The molecule has 5 heteroatoms. The Labute approximate surface area is 132 Å². The van der Waals surface area contributed by atoms with E-state index in [1.165, 1.54) is 0 Å². The first-order valence-electron chi connectivity index (χ1n) is 7.78. The van der Waals surface area contributed by atoms with Crippen LogP contribution in [0.15, 0.2) is 12.3 Å². The Kier molecular flexibility index (Phi) is 4.94. The van der Waals surface area contributed by atoms with E-state index in [4.69, 9.17) is 9.47 Å². The molecule has 2 heterocycles. The van der Waals surface area contributed by atoms with Crippen LogP contribution in [-0.2, 0) is 4.74 Å². The van der Waals surface area contributed by atoms with Crippen molar-refractivity contribution in [2.45, 2.75) is 52.1 Å². The zero-order chi connectivity index (χ0) is 16.3. The third-order valence-electron chi connectivity index (χ3n) is 3.79. The molecule has 0 spiro atoms. The molecule has 0 N–H and O–H groups in total. The number of piperidine rings is 1. The van der Waals surface area contributed by atoms with Crippen LogP contribution in [0, 0.1) is 6.92 Å². The molecule has 0 bridgehead atoms. The van der Waals surface area contributed by atoms with E-state index in [1.807, 2.05) is 33.9 Å². The summed E-state index contributed by atoms with van der Waals surface area (Å²) >= 11 is 0. The minimum absolute atomic E-state index is 0.226. The number of hydrogen-bond acceptors (Lipinski definition) is 4. The Bertz CT molecular complexity index is 537. The van der Waals surface area contributed by atoms with Crippen LogP contribution >= 0.6 is 0 Å². The van der Waals surface area contributed by atoms with E-state index in [2.05, 4.69) is 11.1 Å². The molecule has 1 saturated heterocycles. The zero-order valence-corrected chi connectivity index (χ0v) is 14.2. The molecule has 1 unspecified atom stereocenters. The zero-order valence-electron chi connectivity index (χ0n) is 14.2. The minimum Gasteiger partial charge on any atom is -0.481 e. The van der Waals surface area contributed by atoms with Gasteiger partial charge in [0.1, 0.15) is 5.60 Å². The van der Waals surface area contributed by atoms with Crippen molar-refractivity contribution in [1.82, 2.24) is 9.88 Å². The highest BCUT2D eigenvalue weighted by Crippen LogP contribution is 2.29. The smallest absolute Gasteiger partial charge is 0.410 e. The van der Waals surface area contributed by atoms with Gasteiger partial charge in [-0.15, -0.1) is 0 Å². The summed E-state index contributed by atoms with van der Waals surface area (Å²) in [5.74, 6) is 0.960. The molecule has 122 valence electrons. The molecule has 0 saturated carbocycles. The van der Waals surface area contributed by atoms with Crippen molar-refractivity contribution in [1.29, 1.82) is 0 Å². The van der Waals surface area contributed by atoms with Gasteiger partial charge in [-0.3, -0.25) is 0 Å². The van der Waals surface area contributed by atoms with Gasteiger partial charge in [-0.25, -0.2) is 9.78 Å². The quantitative estimate of drug-likeness (QED) is 0.839. The van der Waals surface area contributed by atoms with Gasteiger partial charge in [-0.2, -0.15) is 0 Å². The van der Waals surface area contributed by atoms with E-state index in [9.17, 15) is 4.79 Å². The second kappa shape index (κ2) is 6.55. The summed E-state index contributed by atoms with van der Waals surface area (Å²) in [7, 11) is 1.62. The first kappa shape index (κ1) is 16.6. The van der Waals surface area contributed by atoms with Crippen molar-refractivity contribution in [2.75, 3.05) is 20.2 Å². The molecule has 1 atom stereocenters. The number of methoxy groups -OCH3 is 1. The predicted molar refractivity (Wildman–Crippen MR) is 85.3 cm³/mol.